The van der Waals surface area contributed by atoms with E-state index in [-0.39, 0.29) is 43.4 Å². The molecule has 0 aromatic heterocycles. The van der Waals surface area contributed by atoms with Crippen LogP contribution in [0.3, 0.4) is 0 Å². The molecule has 0 aliphatic carbocycles. The first kappa shape index (κ1) is 33.3. The summed E-state index contributed by atoms with van der Waals surface area (Å²) < 4.78 is 4.91. The van der Waals surface area contributed by atoms with Crippen LogP contribution in [0, 0.1) is 11.8 Å². The third-order valence-corrected chi connectivity index (χ3v) is 9.86. The maximum absolute atomic E-state index is 14.4. The number of aliphatic imine (C=N–C) groups is 1. The Morgan fingerprint density at radius 2 is 1.62 bits per heavy atom. The number of nitrogens with one attached hydrogen (secondary N) is 2. The Balaban J connectivity index is 1.22. The van der Waals surface area contributed by atoms with Gasteiger partial charge < -0.3 is 14.9 Å². The minimum Gasteiger partial charge on any atom is -0.445 e. The van der Waals surface area contributed by atoms with Crippen molar-refractivity contribution >= 4 is 40.5 Å². The van der Waals surface area contributed by atoms with Crippen molar-refractivity contribution in [2.45, 2.75) is 77.9 Å². The zero-order valence-corrected chi connectivity index (χ0v) is 28.1. The zero-order chi connectivity index (χ0) is 34.2. The lowest BCUT2D eigenvalue weighted by atomic mass is 9.95. The highest BCUT2D eigenvalue weighted by atomic mass is 16.7. The molecule has 6 rings (SSSR count). The molecule has 2 fully saturated rings. The SMILES string of the molecule is CC(C)C(NC(=O)[N+]1(C(=O)[C@@H](NC(=O)OCc2ccccc2)C(C)C)CCC[C@H]1C)C(=O)C12CN1OC(c1cccc3ccccc13)=N2. The van der Waals surface area contributed by atoms with Crippen molar-refractivity contribution < 1.29 is 33.2 Å². The molecule has 0 bridgehead atoms. The molecule has 3 aliphatic heterocycles. The van der Waals surface area contributed by atoms with E-state index in [0.29, 0.717) is 18.7 Å². The summed E-state index contributed by atoms with van der Waals surface area (Å²) in [5.41, 5.74) is 0.355. The summed E-state index contributed by atoms with van der Waals surface area (Å²) in [6.07, 6.45) is 0.557. The van der Waals surface area contributed by atoms with Crippen LogP contribution in [0.25, 0.3) is 10.8 Å². The molecule has 4 unspecified atom stereocenters. The second-order valence-corrected chi connectivity index (χ2v) is 13.8. The number of nitrogens with zero attached hydrogens (tertiary/aromatic N) is 3. The van der Waals surface area contributed by atoms with Gasteiger partial charge in [0.1, 0.15) is 12.6 Å². The predicted molar refractivity (Wildman–Crippen MR) is 180 cm³/mol. The van der Waals surface area contributed by atoms with Gasteiger partial charge in [0.2, 0.25) is 17.3 Å². The van der Waals surface area contributed by atoms with E-state index in [1.807, 2.05) is 107 Å². The van der Waals surface area contributed by atoms with Gasteiger partial charge >= 0.3 is 18.0 Å². The summed E-state index contributed by atoms with van der Waals surface area (Å²) in [7, 11) is 0. The first-order chi connectivity index (χ1) is 23.0. The van der Waals surface area contributed by atoms with E-state index in [2.05, 4.69) is 10.6 Å². The number of alkyl carbamates (subject to hydrolysis) is 1. The number of amides is 4. The number of fused-ring (bicyclic) bond motifs is 2. The summed E-state index contributed by atoms with van der Waals surface area (Å²) in [6, 6.07) is 20.2. The molecule has 11 heteroatoms. The van der Waals surface area contributed by atoms with Gasteiger partial charge in [0.25, 0.3) is 0 Å². The number of benzene rings is 3. The number of quaternary nitrogens is 1. The summed E-state index contributed by atoms with van der Waals surface area (Å²) in [4.78, 5) is 66.8. The van der Waals surface area contributed by atoms with Gasteiger partial charge in [-0.25, -0.2) is 19.4 Å². The van der Waals surface area contributed by atoms with Crippen molar-refractivity contribution in [3.05, 3.63) is 83.9 Å². The lowest BCUT2D eigenvalue weighted by Gasteiger charge is -2.37. The first-order valence-corrected chi connectivity index (χ1v) is 16.8. The third-order valence-electron chi connectivity index (χ3n) is 9.86. The van der Waals surface area contributed by atoms with E-state index >= 15 is 0 Å². The number of rotatable bonds is 10. The van der Waals surface area contributed by atoms with Gasteiger partial charge in [0.15, 0.2) is 6.04 Å². The molecular formula is C37H44N5O6+. The smallest absolute Gasteiger partial charge is 0.424 e. The van der Waals surface area contributed by atoms with E-state index in [4.69, 9.17) is 14.6 Å². The van der Waals surface area contributed by atoms with Crippen molar-refractivity contribution in [3.63, 3.8) is 0 Å². The average molecular weight is 655 g/mol. The Morgan fingerprint density at radius 1 is 0.938 bits per heavy atom. The first-order valence-electron chi connectivity index (χ1n) is 16.8. The van der Waals surface area contributed by atoms with Crippen LogP contribution < -0.4 is 10.6 Å². The van der Waals surface area contributed by atoms with Gasteiger partial charge in [0.05, 0.1) is 19.1 Å². The maximum Gasteiger partial charge on any atom is 0.424 e. The van der Waals surface area contributed by atoms with E-state index < -0.39 is 40.3 Å². The molecular weight excluding hydrogens is 610 g/mol. The molecule has 4 amide bonds. The van der Waals surface area contributed by atoms with Gasteiger partial charge in [0, 0.05) is 18.4 Å². The van der Waals surface area contributed by atoms with Gasteiger partial charge in [-0.05, 0) is 41.2 Å². The topological polar surface area (TPSA) is 126 Å². The standard InChI is InChI=1S/C37H43N5O6/c1-23(2)30(32(43)37-22-41(37)48-33(40-37)29-19-11-17-27-16-9-10-18-28(27)29)38-35(45)42(20-12-13-25(42)5)34(44)31(24(3)4)39-36(46)47-21-26-14-7-6-8-15-26/h6-11,14-19,23-25,30-31H,12-13,20-22H2,1-5H3,(H-,38,39,45,46)/p+1/t25-,30?,31+,37?,41?,42?/m1/s1. The number of ether oxygens (including phenoxy) is 1. The van der Waals surface area contributed by atoms with Crippen LogP contribution in [-0.2, 0) is 25.8 Å². The number of hydrogen-bond donors (Lipinski definition) is 2. The summed E-state index contributed by atoms with van der Waals surface area (Å²) in [5, 5.41) is 9.26. The minimum atomic E-state index is -1.25. The molecule has 0 saturated carbocycles. The van der Waals surface area contributed by atoms with E-state index in [0.717, 1.165) is 21.9 Å². The predicted octanol–water partition coefficient (Wildman–Crippen LogP) is 5.32. The molecule has 252 valence electrons. The van der Waals surface area contributed by atoms with Crippen LogP contribution in [0.4, 0.5) is 9.59 Å². The van der Waals surface area contributed by atoms with E-state index in [9.17, 15) is 19.2 Å². The molecule has 2 N–H and O–H groups in total. The Hall–Kier alpha value is -4.61. The van der Waals surface area contributed by atoms with Gasteiger partial charge in [-0.1, -0.05) is 94.4 Å². The molecule has 0 spiro atoms. The molecule has 3 aromatic rings. The van der Waals surface area contributed by atoms with Crippen LogP contribution in [0.2, 0.25) is 0 Å². The van der Waals surface area contributed by atoms with Crippen LogP contribution in [0.15, 0.2) is 77.8 Å². The van der Waals surface area contributed by atoms with Crippen molar-refractivity contribution in [3.8, 4) is 0 Å². The molecule has 3 aromatic carbocycles. The monoisotopic (exact) mass is 654 g/mol. The van der Waals surface area contributed by atoms with Crippen LogP contribution in [0.5, 0.6) is 0 Å². The number of likely N-dealkylation sites (tertiary alicyclic amines) is 1. The average Bonchev–Trinajstić information content (AvgIpc) is 3.42. The second kappa shape index (κ2) is 13.1. The van der Waals surface area contributed by atoms with Crippen molar-refractivity contribution in [2.75, 3.05) is 13.1 Å². The fraction of sp³-hybridized carbons (Fsp3) is 0.432. The van der Waals surface area contributed by atoms with Crippen molar-refractivity contribution in [1.82, 2.24) is 15.7 Å². The third kappa shape index (κ3) is 5.97. The molecule has 48 heavy (non-hydrogen) atoms. The maximum atomic E-state index is 14.4. The Morgan fingerprint density at radius 3 is 2.31 bits per heavy atom. The summed E-state index contributed by atoms with van der Waals surface area (Å²) in [6.45, 7) is 9.82. The Labute approximate surface area is 280 Å². The number of Topliss-reactive ketones (excluding diaryl/α,β-unsaturated/α-hetero) is 1. The number of hydrogen-bond acceptors (Lipinski definition) is 8. The van der Waals surface area contributed by atoms with Crippen LogP contribution >= 0.6 is 0 Å². The Kier molecular flexibility index (Phi) is 9.10. The largest absolute Gasteiger partial charge is 0.445 e. The highest BCUT2D eigenvalue weighted by Gasteiger charge is 2.68. The van der Waals surface area contributed by atoms with Crippen molar-refractivity contribution in [2.24, 2.45) is 16.8 Å². The van der Waals surface area contributed by atoms with Gasteiger partial charge in [-0.3, -0.25) is 10.1 Å². The number of ketones is 1. The summed E-state index contributed by atoms with van der Waals surface area (Å²) >= 11 is 0. The minimum absolute atomic E-state index is 0.0495. The lowest BCUT2D eigenvalue weighted by Crippen LogP contribution is -2.70. The summed E-state index contributed by atoms with van der Waals surface area (Å²) in [5.74, 6) is -0.976. The highest BCUT2D eigenvalue weighted by Crippen LogP contribution is 2.43. The number of urea groups is 1. The zero-order valence-electron chi connectivity index (χ0n) is 28.1. The quantitative estimate of drug-likeness (QED) is 0.224. The molecule has 2 saturated heterocycles. The number of hydroxylamine groups is 2. The fourth-order valence-corrected chi connectivity index (χ4v) is 6.93. The second-order valence-electron chi connectivity index (χ2n) is 13.8. The number of carbonyl (C=O) groups is 4. The van der Waals surface area contributed by atoms with Crippen molar-refractivity contribution in [1.29, 1.82) is 0 Å². The van der Waals surface area contributed by atoms with E-state index in [1.165, 1.54) is 0 Å². The van der Waals surface area contributed by atoms with Crippen LogP contribution in [-0.4, -0.2) is 76.1 Å². The van der Waals surface area contributed by atoms with Gasteiger partial charge in [-0.2, -0.15) is 4.48 Å². The molecule has 0 radical (unpaired) electrons. The molecule has 3 aliphatic rings. The van der Waals surface area contributed by atoms with Gasteiger partial charge in [-0.15, -0.1) is 5.06 Å². The molecule has 3 heterocycles. The number of imide groups is 1. The normalized spacial score (nSPS) is 25.5. The van der Waals surface area contributed by atoms with Crippen LogP contribution in [0.1, 0.15) is 58.6 Å². The Bertz CT molecular complexity index is 1750. The van der Waals surface area contributed by atoms with E-state index in [1.54, 1.807) is 5.06 Å². The number of carbonyl (C=O) groups excluding carboxylic acids is 4. The highest BCUT2D eigenvalue weighted by molar-refractivity contribution is 6.10. The molecule has 11 nitrogen and oxygen atoms in total. The molecule has 6 atom stereocenters. The fourth-order valence-electron chi connectivity index (χ4n) is 6.93. The lowest BCUT2D eigenvalue weighted by molar-refractivity contribution is -0.786.